The second-order valence-corrected chi connectivity index (χ2v) is 5.47. The van der Waals surface area contributed by atoms with E-state index in [4.69, 9.17) is 0 Å². The standard InChI is InChI=1S/C16H16BrFN2O/c17-13-5-3-6-14(10-13)20-11-16(21)19-9-8-12-4-1-2-7-15(12)18/h1-7,10,20H,8-9,11H2,(H,19,21). The van der Waals surface area contributed by atoms with Crippen molar-refractivity contribution in [2.75, 3.05) is 18.4 Å². The maximum atomic E-state index is 13.4. The molecule has 0 heterocycles. The predicted octanol–water partition coefficient (Wildman–Crippen LogP) is 3.36. The summed E-state index contributed by atoms with van der Waals surface area (Å²) in [5, 5.41) is 5.79. The highest BCUT2D eigenvalue weighted by molar-refractivity contribution is 9.10. The molecule has 5 heteroatoms. The molecule has 0 aliphatic heterocycles. The van der Waals surface area contributed by atoms with Crippen molar-refractivity contribution in [1.82, 2.24) is 5.32 Å². The Labute approximate surface area is 131 Å². The number of benzene rings is 2. The van der Waals surface area contributed by atoms with E-state index in [0.717, 1.165) is 10.2 Å². The van der Waals surface area contributed by atoms with Crippen molar-refractivity contribution in [3.8, 4) is 0 Å². The number of rotatable bonds is 6. The number of nitrogens with one attached hydrogen (secondary N) is 2. The van der Waals surface area contributed by atoms with Gasteiger partial charge in [-0.05, 0) is 36.2 Å². The quantitative estimate of drug-likeness (QED) is 0.838. The molecular formula is C16H16BrFN2O. The van der Waals surface area contributed by atoms with Gasteiger partial charge in [0.1, 0.15) is 5.82 Å². The van der Waals surface area contributed by atoms with Crippen LogP contribution >= 0.6 is 15.9 Å². The summed E-state index contributed by atoms with van der Waals surface area (Å²) in [7, 11) is 0. The van der Waals surface area contributed by atoms with Crippen molar-refractivity contribution < 1.29 is 9.18 Å². The summed E-state index contributed by atoms with van der Waals surface area (Å²) in [5.41, 5.74) is 1.48. The highest BCUT2D eigenvalue weighted by atomic mass is 79.9. The fraction of sp³-hybridized carbons (Fsp3) is 0.188. The molecule has 0 bridgehead atoms. The molecule has 0 radical (unpaired) electrons. The van der Waals surface area contributed by atoms with E-state index in [1.54, 1.807) is 18.2 Å². The molecule has 3 nitrogen and oxygen atoms in total. The van der Waals surface area contributed by atoms with Gasteiger partial charge in [0.15, 0.2) is 0 Å². The smallest absolute Gasteiger partial charge is 0.239 e. The van der Waals surface area contributed by atoms with Gasteiger partial charge < -0.3 is 10.6 Å². The lowest BCUT2D eigenvalue weighted by Crippen LogP contribution is -2.31. The highest BCUT2D eigenvalue weighted by Gasteiger charge is 2.03. The van der Waals surface area contributed by atoms with Gasteiger partial charge in [-0.3, -0.25) is 4.79 Å². The van der Waals surface area contributed by atoms with Crippen molar-refractivity contribution >= 4 is 27.5 Å². The number of amides is 1. The first-order chi connectivity index (χ1) is 10.1. The maximum absolute atomic E-state index is 13.4. The van der Waals surface area contributed by atoms with Gasteiger partial charge in [-0.1, -0.05) is 40.2 Å². The minimum absolute atomic E-state index is 0.119. The van der Waals surface area contributed by atoms with E-state index in [2.05, 4.69) is 26.6 Å². The maximum Gasteiger partial charge on any atom is 0.239 e. The van der Waals surface area contributed by atoms with Gasteiger partial charge in [0.2, 0.25) is 5.91 Å². The van der Waals surface area contributed by atoms with E-state index in [1.807, 2.05) is 24.3 Å². The molecule has 2 rings (SSSR count). The molecule has 0 saturated carbocycles. The SMILES string of the molecule is O=C(CNc1cccc(Br)c1)NCCc1ccccc1F. The van der Waals surface area contributed by atoms with Gasteiger partial charge in [-0.2, -0.15) is 0 Å². The molecular weight excluding hydrogens is 335 g/mol. The van der Waals surface area contributed by atoms with Gasteiger partial charge in [0.25, 0.3) is 0 Å². The van der Waals surface area contributed by atoms with Crippen LogP contribution in [0.3, 0.4) is 0 Å². The lowest BCUT2D eigenvalue weighted by atomic mass is 10.1. The molecule has 0 fully saturated rings. The fourth-order valence-corrected chi connectivity index (χ4v) is 2.28. The van der Waals surface area contributed by atoms with Crippen LogP contribution < -0.4 is 10.6 Å². The average Bonchev–Trinajstić information content (AvgIpc) is 2.47. The van der Waals surface area contributed by atoms with Crippen LogP contribution in [0.2, 0.25) is 0 Å². The van der Waals surface area contributed by atoms with Crippen molar-refractivity contribution in [1.29, 1.82) is 0 Å². The molecule has 0 spiro atoms. The molecule has 0 aliphatic carbocycles. The average molecular weight is 351 g/mol. The zero-order valence-electron chi connectivity index (χ0n) is 11.4. The first-order valence-electron chi connectivity index (χ1n) is 6.65. The van der Waals surface area contributed by atoms with Gasteiger partial charge in [-0.25, -0.2) is 4.39 Å². The zero-order chi connectivity index (χ0) is 15.1. The molecule has 0 unspecified atom stereocenters. The molecule has 0 aliphatic rings. The first-order valence-corrected chi connectivity index (χ1v) is 7.44. The Morgan fingerprint density at radius 3 is 2.71 bits per heavy atom. The van der Waals surface area contributed by atoms with Crippen molar-refractivity contribution in [3.63, 3.8) is 0 Å². The molecule has 2 aromatic rings. The van der Waals surface area contributed by atoms with Gasteiger partial charge in [-0.15, -0.1) is 0 Å². The first kappa shape index (κ1) is 15.5. The van der Waals surface area contributed by atoms with Crippen LogP contribution in [0.15, 0.2) is 53.0 Å². The van der Waals surface area contributed by atoms with E-state index in [9.17, 15) is 9.18 Å². The van der Waals surface area contributed by atoms with Crippen molar-refractivity contribution in [2.24, 2.45) is 0 Å². The molecule has 0 atom stereocenters. The Bertz CT molecular complexity index is 619. The van der Waals surface area contributed by atoms with Crippen LogP contribution in [-0.2, 0) is 11.2 Å². The third-order valence-corrected chi connectivity index (χ3v) is 3.45. The second kappa shape index (κ2) is 7.78. The normalized spacial score (nSPS) is 10.2. The minimum Gasteiger partial charge on any atom is -0.376 e. The number of halogens is 2. The molecule has 0 aromatic heterocycles. The topological polar surface area (TPSA) is 41.1 Å². The Hall–Kier alpha value is -1.88. The van der Waals surface area contributed by atoms with E-state index in [0.29, 0.717) is 18.5 Å². The summed E-state index contributed by atoms with van der Waals surface area (Å²) < 4.78 is 14.3. The van der Waals surface area contributed by atoms with Crippen LogP contribution in [0.25, 0.3) is 0 Å². The second-order valence-electron chi connectivity index (χ2n) is 4.56. The zero-order valence-corrected chi connectivity index (χ0v) is 13.0. The summed E-state index contributed by atoms with van der Waals surface area (Å²) in [4.78, 5) is 11.7. The Balaban J connectivity index is 1.72. The summed E-state index contributed by atoms with van der Waals surface area (Å²) in [6.45, 7) is 0.605. The summed E-state index contributed by atoms with van der Waals surface area (Å²) in [6.07, 6.45) is 0.481. The van der Waals surface area contributed by atoms with Crippen molar-refractivity contribution in [2.45, 2.75) is 6.42 Å². The third-order valence-electron chi connectivity index (χ3n) is 2.95. The van der Waals surface area contributed by atoms with E-state index < -0.39 is 0 Å². The Kier molecular flexibility index (Phi) is 5.75. The highest BCUT2D eigenvalue weighted by Crippen LogP contribution is 2.15. The monoisotopic (exact) mass is 350 g/mol. The molecule has 0 saturated heterocycles. The van der Waals surface area contributed by atoms with Crippen LogP contribution in [-0.4, -0.2) is 19.0 Å². The van der Waals surface area contributed by atoms with E-state index >= 15 is 0 Å². The Morgan fingerprint density at radius 2 is 1.95 bits per heavy atom. The Morgan fingerprint density at radius 1 is 1.14 bits per heavy atom. The van der Waals surface area contributed by atoms with Crippen LogP contribution in [0.1, 0.15) is 5.56 Å². The van der Waals surface area contributed by atoms with Gasteiger partial charge in [0.05, 0.1) is 6.54 Å². The molecule has 2 aromatic carbocycles. The van der Waals surface area contributed by atoms with Crippen LogP contribution in [0.4, 0.5) is 10.1 Å². The molecule has 21 heavy (non-hydrogen) atoms. The lowest BCUT2D eigenvalue weighted by Gasteiger charge is -2.08. The summed E-state index contributed by atoms with van der Waals surface area (Å²) in [6, 6.07) is 14.2. The molecule has 1 amide bonds. The number of hydrogen-bond donors (Lipinski definition) is 2. The third kappa shape index (κ3) is 5.19. The largest absolute Gasteiger partial charge is 0.376 e. The van der Waals surface area contributed by atoms with Gasteiger partial charge >= 0.3 is 0 Å². The van der Waals surface area contributed by atoms with Crippen LogP contribution in [0, 0.1) is 5.82 Å². The van der Waals surface area contributed by atoms with Crippen molar-refractivity contribution in [3.05, 3.63) is 64.4 Å². The number of carbonyl (C=O) groups is 1. The number of hydrogen-bond acceptors (Lipinski definition) is 2. The van der Waals surface area contributed by atoms with Crippen LogP contribution in [0.5, 0.6) is 0 Å². The summed E-state index contributed by atoms with van der Waals surface area (Å²) in [5.74, 6) is -0.356. The molecule has 110 valence electrons. The minimum atomic E-state index is -0.237. The lowest BCUT2D eigenvalue weighted by molar-refractivity contribution is -0.119. The summed E-state index contributed by atoms with van der Waals surface area (Å²) >= 11 is 3.37. The van der Waals surface area contributed by atoms with E-state index in [1.165, 1.54) is 6.07 Å². The fourth-order valence-electron chi connectivity index (χ4n) is 1.88. The van der Waals surface area contributed by atoms with E-state index in [-0.39, 0.29) is 18.3 Å². The molecule has 2 N–H and O–H groups in total. The predicted molar refractivity (Wildman–Crippen MR) is 85.7 cm³/mol. The van der Waals surface area contributed by atoms with Gasteiger partial charge in [0, 0.05) is 16.7 Å². The number of carbonyl (C=O) groups excluding carboxylic acids is 1. The number of anilines is 1.